The average molecular weight is 113 g/mol. The topological polar surface area (TPSA) is 47.6 Å². The number of hydrogen-bond donors (Lipinski definition) is 0. The predicted octanol–water partition coefficient (Wildman–Crippen LogP) is 0.277. The van der Waals surface area contributed by atoms with Gasteiger partial charge in [-0.25, -0.2) is 10.5 Å². The molecule has 0 aromatic carbocycles. The molecule has 0 amide bonds. The summed E-state index contributed by atoms with van der Waals surface area (Å²) in [7, 11) is 0. The molecule has 0 aliphatic heterocycles. The largest absolute Gasteiger partial charge is 0.202 e. The zero-order valence-corrected chi connectivity index (χ0v) is 3.42. The second-order valence-electron chi connectivity index (χ2n) is 0. The molecule has 0 aromatic rings. The molecule has 0 aliphatic rings. The standard InChI is InChI=1S/2CHN.Co/c2*1-2;/h2*1H;. The van der Waals surface area contributed by atoms with Crippen LogP contribution in [0.15, 0.2) is 0 Å². The van der Waals surface area contributed by atoms with Crippen molar-refractivity contribution in [1.29, 1.82) is 10.5 Å². The first-order valence-corrected chi connectivity index (χ1v) is 0.516. The molecule has 29 valence electrons. The SMILES string of the molecule is C#N.C#N.[Co]. The molecule has 0 heterocycles. The summed E-state index contributed by atoms with van der Waals surface area (Å²) >= 11 is 0. The molecule has 0 saturated carbocycles. The molecule has 0 aromatic heterocycles. The van der Waals surface area contributed by atoms with Gasteiger partial charge in [-0.15, -0.1) is 0 Å². The van der Waals surface area contributed by atoms with E-state index in [1.165, 1.54) is 0 Å². The fraction of sp³-hybridized carbons (Fsp3) is 0. The molecule has 1 radical (unpaired) electrons. The zero-order chi connectivity index (χ0) is 4.00. The Balaban J connectivity index is -0.0000000133. The smallest absolute Gasteiger partial charge is 0.0462 e. The third-order valence-electron chi connectivity index (χ3n) is 0. The van der Waals surface area contributed by atoms with E-state index in [0.717, 1.165) is 0 Å². The molecule has 0 bridgehead atoms. The van der Waals surface area contributed by atoms with Gasteiger partial charge in [0, 0.05) is 29.9 Å². The summed E-state index contributed by atoms with van der Waals surface area (Å²) in [5.41, 5.74) is 0. The van der Waals surface area contributed by atoms with E-state index in [1.807, 2.05) is 0 Å². The van der Waals surface area contributed by atoms with Gasteiger partial charge in [-0.2, -0.15) is 0 Å². The van der Waals surface area contributed by atoms with Crippen LogP contribution in [0.25, 0.3) is 0 Å². The van der Waals surface area contributed by atoms with E-state index < -0.39 is 0 Å². The van der Waals surface area contributed by atoms with Gasteiger partial charge in [0.25, 0.3) is 0 Å². The molecule has 3 heteroatoms. The fourth-order valence-corrected chi connectivity index (χ4v) is 0. The van der Waals surface area contributed by atoms with Crippen molar-refractivity contribution in [3.63, 3.8) is 0 Å². The summed E-state index contributed by atoms with van der Waals surface area (Å²) in [6, 6.07) is 0. The summed E-state index contributed by atoms with van der Waals surface area (Å²) < 4.78 is 0. The maximum atomic E-state index is 6.50. The van der Waals surface area contributed by atoms with Gasteiger partial charge < -0.3 is 0 Å². The van der Waals surface area contributed by atoms with Gasteiger partial charge in [-0.3, -0.25) is 0 Å². The van der Waals surface area contributed by atoms with Crippen LogP contribution in [0, 0.1) is 23.7 Å². The number of nitrogens with zero attached hydrogens (tertiary/aromatic N) is 2. The molecule has 2 nitrogen and oxygen atoms in total. The predicted molar refractivity (Wildman–Crippen MR) is 13.3 cm³/mol. The zero-order valence-electron chi connectivity index (χ0n) is 2.38. The van der Waals surface area contributed by atoms with Gasteiger partial charge >= 0.3 is 0 Å². The minimum atomic E-state index is 0. The van der Waals surface area contributed by atoms with Crippen LogP contribution in [-0.4, -0.2) is 0 Å². The van der Waals surface area contributed by atoms with Gasteiger partial charge in [0.2, 0.25) is 0 Å². The third-order valence-corrected chi connectivity index (χ3v) is 0. The third kappa shape index (κ3) is 29.2. The Labute approximate surface area is 41.2 Å². The second-order valence-corrected chi connectivity index (χ2v) is 0. The molecule has 0 rings (SSSR count). The van der Waals surface area contributed by atoms with Gasteiger partial charge in [-0.05, 0) is 0 Å². The Kier molecular flexibility index (Phi) is 404. The molecule has 0 fully saturated rings. The Morgan fingerprint density at radius 1 is 0.800 bits per heavy atom. The normalized spacial score (nSPS) is 0.800. The molecule has 0 aliphatic carbocycles. The summed E-state index contributed by atoms with van der Waals surface area (Å²) in [6.07, 6.45) is 0. The van der Waals surface area contributed by atoms with Gasteiger partial charge in [0.1, 0.15) is 0 Å². The molecular formula is C2H2CoN2. The first-order chi connectivity index (χ1) is 2.00. The van der Waals surface area contributed by atoms with E-state index in [9.17, 15) is 0 Å². The Bertz CT molecular complexity index is 23.1. The van der Waals surface area contributed by atoms with Gasteiger partial charge in [0.05, 0.1) is 0 Å². The molecule has 5 heavy (non-hydrogen) atoms. The number of rotatable bonds is 0. The number of nitriles is 2. The van der Waals surface area contributed by atoms with Crippen molar-refractivity contribution in [2.45, 2.75) is 0 Å². The summed E-state index contributed by atoms with van der Waals surface area (Å²) in [5.74, 6) is 0. The van der Waals surface area contributed by atoms with Crippen molar-refractivity contribution in [3.05, 3.63) is 0 Å². The van der Waals surface area contributed by atoms with Crippen molar-refractivity contribution in [3.8, 4) is 13.1 Å². The van der Waals surface area contributed by atoms with E-state index in [1.54, 1.807) is 0 Å². The molecule has 0 atom stereocenters. The van der Waals surface area contributed by atoms with Crippen molar-refractivity contribution in [1.82, 2.24) is 0 Å². The summed E-state index contributed by atoms with van der Waals surface area (Å²) in [5, 5.41) is 13.0. The molecule has 0 unspecified atom stereocenters. The van der Waals surface area contributed by atoms with Crippen LogP contribution in [0.5, 0.6) is 0 Å². The fourth-order valence-electron chi connectivity index (χ4n) is 0. The van der Waals surface area contributed by atoms with Crippen LogP contribution in [-0.2, 0) is 16.8 Å². The summed E-state index contributed by atoms with van der Waals surface area (Å²) in [4.78, 5) is 0. The Hall–Kier alpha value is -0.514. The van der Waals surface area contributed by atoms with Crippen molar-refractivity contribution < 1.29 is 16.8 Å². The van der Waals surface area contributed by atoms with Crippen LogP contribution in [0.1, 0.15) is 0 Å². The minimum Gasteiger partial charge on any atom is -0.202 e. The molecule has 0 spiro atoms. The second kappa shape index (κ2) is 81.7. The Morgan fingerprint density at radius 3 is 0.800 bits per heavy atom. The molecule has 0 saturated heterocycles. The monoisotopic (exact) mass is 113 g/mol. The van der Waals surface area contributed by atoms with E-state index in [-0.39, 0.29) is 16.8 Å². The van der Waals surface area contributed by atoms with Crippen LogP contribution in [0.3, 0.4) is 0 Å². The van der Waals surface area contributed by atoms with Crippen LogP contribution >= 0.6 is 0 Å². The van der Waals surface area contributed by atoms with Crippen LogP contribution in [0.2, 0.25) is 0 Å². The Morgan fingerprint density at radius 2 is 0.800 bits per heavy atom. The van der Waals surface area contributed by atoms with E-state index in [4.69, 9.17) is 10.5 Å². The molecular weight excluding hydrogens is 111 g/mol. The summed E-state index contributed by atoms with van der Waals surface area (Å²) in [6.45, 7) is 7.00. The van der Waals surface area contributed by atoms with Crippen molar-refractivity contribution in [2.24, 2.45) is 0 Å². The van der Waals surface area contributed by atoms with Crippen molar-refractivity contribution >= 4 is 0 Å². The van der Waals surface area contributed by atoms with Gasteiger partial charge in [0.15, 0.2) is 0 Å². The quantitative estimate of drug-likeness (QED) is 0.452. The maximum Gasteiger partial charge on any atom is 0.0462 e. The first-order valence-electron chi connectivity index (χ1n) is 0.516. The number of hydrogen-bond acceptors (Lipinski definition) is 2. The van der Waals surface area contributed by atoms with E-state index >= 15 is 0 Å². The maximum absolute atomic E-state index is 6.50. The van der Waals surface area contributed by atoms with Crippen molar-refractivity contribution in [2.75, 3.05) is 0 Å². The first kappa shape index (κ1) is 24.7. The van der Waals surface area contributed by atoms with Crippen LogP contribution in [0.4, 0.5) is 0 Å². The average Bonchev–Trinajstić information content (AvgIpc) is 1.50. The minimum absolute atomic E-state index is 0. The van der Waals surface area contributed by atoms with E-state index in [0.29, 0.717) is 0 Å². The van der Waals surface area contributed by atoms with E-state index in [2.05, 4.69) is 13.1 Å². The van der Waals surface area contributed by atoms with Crippen LogP contribution < -0.4 is 0 Å². The molecule has 0 N–H and O–H groups in total. The van der Waals surface area contributed by atoms with Gasteiger partial charge in [-0.1, -0.05) is 0 Å².